The van der Waals surface area contributed by atoms with Crippen molar-refractivity contribution in [2.24, 2.45) is 0 Å². The van der Waals surface area contributed by atoms with Crippen LogP contribution in [0.1, 0.15) is 0 Å². The van der Waals surface area contributed by atoms with Crippen molar-refractivity contribution in [1.82, 2.24) is 16.0 Å². The van der Waals surface area contributed by atoms with E-state index in [4.69, 9.17) is 5.11 Å². The Labute approximate surface area is 65.2 Å². The summed E-state index contributed by atoms with van der Waals surface area (Å²) in [6, 6.07) is 0.236. The highest BCUT2D eigenvalue weighted by Gasteiger charge is 2.11. The standard InChI is InChI=1S/C6H13N3O2/c10-6(11)9-4-5-3-7-1-2-8-5/h5,7-9H,1-4H2,(H,10,11)/t5-/m1/s1. The normalized spacial score (nSPS) is 24.5. The third kappa shape index (κ3) is 3.20. The van der Waals surface area contributed by atoms with Crippen LogP contribution in [0.2, 0.25) is 0 Å². The van der Waals surface area contributed by atoms with Crippen LogP contribution in [0.3, 0.4) is 0 Å². The molecular weight excluding hydrogens is 146 g/mol. The zero-order valence-electron chi connectivity index (χ0n) is 6.26. The molecule has 0 aromatic heterocycles. The van der Waals surface area contributed by atoms with Gasteiger partial charge < -0.3 is 21.1 Å². The van der Waals surface area contributed by atoms with Crippen LogP contribution in [0.4, 0.5) is 4.79 Å². The van der Waals surface area contributed by atoms with Gasteiger partial charge in [-0.05, 0) is 0 Å². The third-order valence-corrected chi connectivity index (χ3v) is 1.63. The van der Waals surface area contributed by atoms with E-state index in [9.17, 15) is 4.79 Å². The van der Waals surface area contributed by atoms with Gasteiger partial charge >= 0.3 is 6.09 Å². The van der Waals surface area contributed by atoms with E-state index in [-0.39, 0.29) is 6.04 Å². The molecule has 0 bridgehead atoms. The molecule has 0 spiro atoms. The zero-order chi connectivity index (χ0) is 8.10. The van der Waals surface area contributed by atoms with Gasteiger partial charge in [0.2, 0.25) is 0 Å². The summed E-state index contributed by atoms with van der Waals surface area (Å²) in [6.07, 6.45) is -0.961. The van der Waals surface area contributed by atoms with Crippen LogP contribution in [0.5, 0.6) is 0 Å². The molecule has 11 heavy (non-hydrogen) atoms. The molecule has 4 N–H and O–H groups in total. The lowest BCUT2D eigenvalue weighted by Gasteiger charge is -2.23. The van der Waals surface area contributed by atoms with E-state index in [2.05, 4.69) is 16.0 Å². The molecule has 1 amide bonds. The summed E-state index contributed by atoms with van der Waals surface area (Å²) in [5, 5.41) is 17.0. The maximum Gasteiger partial charge on any atom is 0.404 e. The maximum absolute atomic E-state index is 10.1. The number of carboxylic acid groups (broad SMARTS) is 1. The van der Waals surface area contributed by atoms with Gasteiger partial charge in [-0.3, -0.25) is 0 Å². The average molecular weight is 159 g/mol. The lowest BCUT2D eigenvalue weighted by molar-refractivity contribution is 0.192. The van der Waals surface area contributed by atoms with Gasteiger partial charge in [-0.1, -0.05) is 0 Å². The number of hydrogen-bond acceptors (Lipinski definition) is 3. The number of carbonyl (C=O) groups is 1. The average Bonchev–Trinajstić information content (AvgIpc) is 2.03. The van der Waals surface area contributed by atoms with Crippen molar-refractivity contribution < 1.29 is 9.90 Å². The SMILES string of the molecule is O=C(O)NC[C@H]1CNCCN1. The maximum atomic E-state index is 10.1. The molecule has 1 atom stereocenters. The van der Waals surface area contributed by atoms with Crippen molar-refractivity contribution >= 4 is 6.09 Å². The molecule has 1 saturated heterocycles. The summed E-state index contributed by atoms with van der Waals surface area (Å²) in [7, 11) is 0. The van der Waals surface area contributed by atoms with Gasteiger partial charge in [0, 0.05) is 32.2 Å². The topological polar surface area (TPSA) is 73.4 Å². The second-order valence-electron chi connectivity index (χ2n) is 2.54. The predicted octanol–water partition coefficient (Wildman–Crippen LogP) is -1.18. The van der Waals surface area contributed by atoms with Crippen molar-refractivity contribution in [3.63, 3.8) is 0 Å². The van der Waals surface area contributed by atoms with Crippen molar-refractivity contribution in [3.8, 4) is 0 Å². The van der Waals surface area contributed by atoms with Crippen LogP contribution in [0.15, 0.2) is 0 Å². The quantitative estimate of drug-likeness (QED) is 0.409. The minimum atomic E-state index is -0.961. The Bertz CT molecular complexity index is 134. The summed E-state index contributed by atoms with van der Waals surface area (Å²) >= 11 is 0. The van der Waals surface area contributed by atoms with Gasteiger partial charge in [0.1, 0.15) is 0 Å². The van der Waals surface area contributed by atoms with E-state index in [1.54, 1.807) is 0 Å². The highest BCUT2D eigenvalue weighted by atomic mass is 16.4. The fourth-order valence-electron chi connectivity index (χ4n) is 1.07. The van der Waals surface area contributed by atoms with Crippen LogP contribution in [0.25, 0.3) is 0 Å². The summed E-state index contributed by atoms with van der Waals surface area (Å²) < 4.78 is 0. The van der Waals surface area contributed by atoms with E-state index in [0.717, 1.165) is 19.6 Å². The number of nitrogens with one attached hydrogen (secondary N) is 3. The van der Waals surface area contributed by atoms with Crippen molar-refractivity contribution in [3.05, 3.63) is 0 Å². The number of piperazine rings is 1. The largest absolute Gasteiger partial charge is 0.465 e. The van der Waals surface area contributed by atoms with Crippen molar-refractivity contribution in [2.45, 2.75) is 6.04 Å². The van der Waals surface area contributed by atoms with Crippen LogP contribution in [-0.4, -0.2) is 43.4 Å². The number of rotatable bonds is 2. The molecule has 5 nitrogen and oxygen atoms in total. The highest BCUT2D eigenvalue weighted by Crippen LogP contribution is 1.83. The van der Waals surface area contributed by atoms with Crippen molar-refractivity contribution in [1.29, 1.82) is 0 Å². The van der Waals surface area contributed by atoms with Crippen LogP contribution in [-0.2, 0) is 0 Å². The van der Waals surface area contributed by atoms with Crippen LogP contribution < -0.4 is 16.0 Å². The summed E-state index contributed by atoms with van der Waals surface area (Å²) in [6.45, 7) is 3.18. The highest BCUT2D eigenvalue weighted by molar-refractivity contribution is 5.64. The van der Waals surface area contributed by atoms with Gasteiger partial charge in [-0.25, -0.2) is 4.79 Å². The Hall–Kier alpha value is -0.810. The number of hydrogen-bond donors (Lipinski definition) is 4. The molecule has 0 radical (unpaired) electrons. The van der Waals surface area contributed by atoms with Gasteiger partial charge in [0.15, 0.2) is 0 Å². The molecule has 0 saturated carbocycles. The minimum Gasteiger partial charge on any atom is -0.465 e. The summed E-state index contributed by atoms with van der Waals surface area (Å²) in [5.41, 5.74) is 0. The first kappa shape index (κ1) is 8.29. The zero-order valence-corrected chi connectivity index (χ0v) is 6.26. The molecule has 0 aromatic carbocycles. The Balaban J connectivity index is 2.09. The molecule has 1 aliphatic rings. The van der Waals surface area contributed by atoms with Gasteiger partial charge in [0.25, 0.3) is 0 Å². The van der Waals surface area contributed by atoms with Crippen molar-refractivity contribution in [2.75, 3.05) is 26.2 Å². The monoisotopic (exact) mass is 159 g/mol. The molecule has 0 unspecified atom stereocenters. The summed E-state index contributed by atoms with van der Waals surface area (Å²) in [5.74, 6) is 0. The second kappa shape index (κ2) is 4.15. The molecule has 1 heterocycles. The first-order chi connectivity index (χ1) is 5.29. The molecule has 0 aliphatic carbocycles. The first-order valence-electron chi connectivity index (χ1n) is 3.70. The van der Waals surface area contributed by atoms with E-state index in [0.29, 0.717) is 6.54 Å². The van der Waals surface area contributed by atoms with E-state index < -0.39 is 6.09 Å². The molecule has 5 heteroatoms. The molecule has 1 fully saturated rings. The summed E-state index contributed by atoms with van der Waals surface area (Å²) in [4.78, 5) is 10.1. The van der Waals surface area contributed by atoms with Gasteiger partial charge in [0.05, 0.1) is 0 Å². The third-order valence-electron chi connectivity index (χ3n) is 1.63. The van der Waals surface area contributed by atoms with Crippen LogP contribution in [0, 0.1) is 0 Å². The Morgan fingerprint density at radius 3 is 3.00 bits per heavy atom. The van der Waals surface area contributed by atoms with E-state index in [1.807, 2.05) is 0 Å². The first-order valence-corrected chi connectivity index (χ1v) is 3.70. The Morgan fingerprint density at radius 2 is 2.45 bits per heavy atom. The predicted molar refractivity (Wildman–Crippen MR) is 40.7 cm³/mol. The van der Waals surface area contributed by atoms with Crippen LogP contribution >= 0.6 is 0 Å². The van der Waals surface area contributed by atoms with Gasteiger partial charge in [-0.2, -0.15) is 0 Å². The Kier molecular flexibility index (Phi) is 3.13. The van der Waals surface area contributed by atoms with Gasteiger partial charge in [-0.15, -0.1) is 0 Å². The molecular formula is C6H13N3O2. The lowest BCUT2D eigenvalue weighted by Crippen LogP contribution is -2.53. The fraction of sp³-hybridized carbons (Fsp3) is 0.833. The fourth-order valence-corrected chi connectivity index (χ4v) is 1.07. The lowest BCUT2D eigenvalue weighted by atomic mass is 10.2. The second-order valence-corrected chi connectivity index (χ2v) is 2.54. The minimum absolute atomic E-state index is 0.236. The smallest absolute Gasteiger partial charge is 0.404 e. The molecule has 1 rings (SSSR count). The molecule has 0 aromatic rings. The van der Waals surface area contributed by atoms with E-state index in [1.165, 1.54) is 0 Å². The molecule has 64 valence electrons. The number of amides is 1. The Morgan fingerprint density at radius 1 is 1.64 bits per heavy atom. The van der Waals surface area contributed by atoms with E-state index >= 15 is 0 Å². The molecule has 1 aliphatic heterocycles.